The van der Waals surface area contributed by atoms with Gasteiger partial charge in [0.25, 0.3) is 0 Å². The first kappa shape index (κ1) is 5.31. The van der Waals surface area contributed by atoms with Gasteiger partial charge in [-0.3, -0.25) is 0 Å². The van der Waals surface area contributed by atoms with Gasteiger partial charge in [-0.15, -0.1) is 0 Å². The molecule has 1 aromatic rings. The zero-order valence-corrected chi connectivity index (χ0v) is 4.59. The van der Waals surface area contributed by atoms with Gasteiger partial charge in [0.1, 0.15) is 6.10 Å². The molecule has 0 saturated carbocycles. The predicted molar refractivity (Wildman–Crippen MR) is 27.7 cm³/mol. The molecule has 1 heterocycles. The molecule has 0 aliphatic carbocycles. The second-order valence-corrected chi connectivity index (χ2v) is 1.64. The van der Waals surface area contributed by atoms with Gasteiger partial charge in [-0.25, -0.2) is 10.1 Å². The molecule has 1 rings (SSSR count). The summed E-state index contributed by atoms with van der Waals surface area (Å²) in [6, 6.07) is 0. The second kappa shape index (κ2) is 1.96. The fraction of sp³-hybridized carbons (Fsp3) is 0.400. The van der Waals surface area contributed by atoms with Crippen LogP contribution in [-0.2, 0) is 5.11 Å². The Balaban J connectivity index is 2.77. The number of aromatic amines is 1. The molecule has 0 saturated heterocycles. The van der Waals surface area contributed by atoms with Crippen LogP contribution in [-0.4, -0.2) is 9.97 Å². The summed E-state index contributed by atoms with van der Waals surface area (Å²) >= 11 is 0. The lowest BCUT2D eigenvalue weighted by Crippen LogP contribution is -1.86. The van der Waals surface area contributed by atoms with Crippen molar-refractivity contribution in [2.75, 3.05) is 0 Å². The van der Waals surface area contributed by atoms with Crippen LogP contribution in [0.5, 0.6) is 0 Å². The van der Waals surface area contributed by atoms with Crippen LogP contribution in [0.4, 0.5) is 0 Å². The molecule has 1 unspecified atom stereocenters. The number of rotatable bonds is 1. The number of hydrogen-bond donors (Lipinski definition) is 1. The van der Waals surface area contributed by atoms with Gasteiger partial charge in [-0.1, -0.05) is 0 Å². The molecule has 0 fully saturated rings. The zero-order chi connectivity index (χ0) is 5.98. The average Bonchev–Trinajstić information content (AvgIpc) is 2.12. The minimum atomic E-state index is -0.707. The van der Waals surface area contributed by atoms with E-state index in [1.165, 1.54) is 6.33 Å². The predicted octanol–water partition coefficient (Wildman–Crippen LogP) is 0.901. The van der Waals surface area contributed by atoms with Crippen molar-refractivity contribution in [1.82, 2.24) is 9.97 Å². The molecular formula is C5H7N2O. The Kier molecular flexibility index (Phi) is 1.30. The average molecular weight is 111 g/mol. The maximum atomic E-state index is 10.5. The molecule has 0 aromatic carbocycles. The van der Waals surface area contributed by atoms with E-state index in [4.69, 9.17) is 0 Å². The topological polar surface area (TPSA) is 48.6 Å². The Hall–Kier alpha value is -0.830. The van der Waals surface area contributed by atoms with Crippen molar-refractivity contribution in [2.45, 2.75) is 13.0 Å². The minimum Gasteiger partial charge on any atom is -0.351 e. The van der Waals surface area contributed by atoms with Gasteiger partial charge in [-0.2, -0.15) is 0 Å². The number of H-pyrrole nitrogens is 1. The molecule has 43 valence electrons. The maximum absolute atomic E-state index is 10.5. The van der Waals surface area contributed by atoms with Gasteiger partial charge in [0.2, 0.25) is 0 Å². The van der Waals surface area contributed by atoms with E-state index < -0.39 is 6.10 Å². The summed E-state index contributed by atoms with van der Waals surface area (Å²) in [6.07, 6.45) is 2.41. The highest BCUT2D eigenvalue weighted by molar-refractivity contribution is 4.96. The lowest BCUT2D eigenvalue weighted by molar-refractivity contribution is 0.103. The largest absolute Gasteiger partial charge is 0.351 e. The molecular weight excluding hydrogens is 104 g/mol. The molecule has 0 amide bonds. The lowest BCUT2D eigenvalue weighted by Gasteiger charge is -1.90. The van der Waals surface area contributed by atoms with Gasteiger partial charge in [0.05, 0.1) is 12.0 Å². The van der Waals surface area contributed by atoms with Crippen LogP contribution in [0.2, 0.25) is 0 Å². The van der Waals surface area contributed by atoms with Crippen molar-refractivity contribution in [3.63, 3.8) is 0 Å². The van der Waals surface area contributed by atoms with Crippen molar-refractivity contribution in [3.05, 3.63) is 18.2 Å². The Bertz CT molecular complexity index is 145. The summed E-state index contributed by atoms with van der Waals surface area (Å²) in [6.45, 7) is 1.57. The summed E-state index contributed by atoms with van der Waals surface area (Å²) in [4.78, 5) is 6.45. The van der Waals surface area contributed by atoms with Gasteiger partial charge in [0.15, 0.2) is 0 Å². The SMILES string of the molecule is CC([O])c1c[nH]cn1. The van der Waals surface area contributed by atoms with E-state index in [2.05, 4.69) is 9.97 Å². The molecule has 0 aliphatic rings. The molecule has 0 spiro atoms. The van der Waals surface area contributed by atoms with E-state index in [9.17, 15) is 5.11 Å². The van der Waals surface area contributed by atoms with Crippen LogP contribution in [0.25, 0.3) is 0 Å². The third-order valence-corrected chi connectivity index (χ3v) is 0.936. The first-order valence-electron chi connectivity index (χ1n) is 2.45. The fourth-order valence-electron chi connectivity index (χ4n) is 0.494. The summed E-state index contributed by atoms with van der Waals surface area (Å²) in [5.41, 5.74) is 0.574. The zero-order valence-electron chi connectivity index (χ0n) is 4.59. The minimum absolute atomic E-state index is 0.574. The first-order valence-corrected chi connectivity index (χ1v) is 2.45. The number of aromatic nitrogens is 2. The maximum Gasteiger partial charge on any atom is 0.134 e. The van der Waals surface area contributed by atoms with Crippen molar-refractivity contribution in [3.8, 4) is 0 Å². The van der Waals surface area contributed by atoms with Crippen LogP contribution in [0.1, 0.15) is 18.7 Å². The normalized spacial score (nSPS) is 13.8. The standard InChI is InChI=1S/C5H7N2O/c1-4(8)5-2-6-3-7-5/h2-4H,1H3,(H,6,7). The fourth-order valence-corrected chi connectivity index (χ4v) is 0.494. The molecule has 3 heteroatoms. The molecule has 8 heavy (non-hydrogen) atoms. The monoisotopic (exact) mass is 111 g/mol. The van der Waals surface area contributed by atoms with Crippen molar-refractivity contribution in [2.24, 2.45) is 0 Å². The Labute approximate surface area is 47.4 Å². The van der Waals surface area contributed by atoms with Crippen molar-refractivity contribution in [1.29, 1.82) is 0 Å². The van der Waals surface area contributed by atoms with Gasteiger partial charge in [0, 0.05) is 6.20 Å². The molecule has 1 aromatic heterocycles. The molecule has 1 N–H and O–H groups in total. The van der Waals surface area contributed by atoms with Crippen molar-refractivity contribution >= 4 is 0 Å². The van der Waals surface area contributed by atoms with Gasteiger partial charge >= 0.3 is 0 Å². The smallest absolute Gasteiger partial charge is 0.134 e. The van der Waals surface area contributed by atoms with E-state index in [0.717, 1.165) is 0 Å². The lowest BCUT2D eigenvalue weighted by atomic mass is 10.3. The van der Waals surface area contributed by atoms with E-state index >= 15 is 0 Å². The van der Waals surface area contributed by atoms with Crippen LogP contribution in [0.3, 0.4) is 0 Å². The van der Waals surface area contributed by atoms with Gasteiger partial charge < -0.3 is 4.98 Å². The second-order valence-electron chi connectivity index (χ2n) is 1.64. The summed E-state index contributed by atoms with van der Waals surface area (Å²) < 4.78 is 0. The van der Waals surface area contributed by atoms with Crippen LogP contribution < -0.4 is 0 Å². The third-order valence-electron chi connectivity index (χ3n) is 0.936. The van der Waals surface area contributed by atoms with E-state index in [1.807, 2.05) is 0 Å². The number of imidazole rings is 1. The number of nitrogens with zero attached hydrogens (tertiary/aromatic N) is 1. The summed E-state index contributed by atoms with van der Waals surface area (Å²) in [5.74, 6) is 0. The molecule has 0 aliphatic heterocycles. The number of nitrogens with one attached hydrogen (secondary N) is 1. The van der Waals surface area contributed by atoms with E-state index in [1.54, 1.807) is 13.1 Å². The van der Waals surface area contributed by atoms with E-state index in [-0.39, 0.29) is 0 Å². The Morgan fingerprint density at radius 3 is 2.88 bits per heavy atom. The quantitative estimate of drug-likeness (QED) is 0.575. The highest BCUT2D eigenvalue weighted by Crippen LogP contribution is 2.05. The van der Waals surface area contributed by atoms with Crippen LogP contribution in [0, 0.1) is 0 Å². The Morgan fingerprint density at radius 1 is 1.88 bits per heavy atom. The van der Waals surface area contributed by atoms with Crippen molar-refractivity contribution < 1.29 is 5.11 Å². The van der Waals surface area contributed by atoms with Gasteiger partial charge in [-0.05, 0) is 6.92 Å². The summed E-state index contributed by atoms with van der Waals surface area (Å²) in [5, 5.41) is 10.5. The molecule has 3 nitrogen and oxygen atoms in total. The van der Waals surface area contributed by atoms with E-state index in [0.29, 0.717) is 5.69 Å². The summed E-state index contributed by atoms with van der Waals surface area (Å²) in [7, 11) is 0. The molecule has 1 radical (unpaired) electrons. The molecule has 1 atom stereocenters. The highest BCUT2D eigenvalue weighted by atomic mass is 16.3. The third kappa shape index (κ3) is 0.869. The molecule has 0 bridgehead atoms. The number of hydrogen-bond acceptors (Lipinski definition) is 1. The highest BCUT2D eigenvalue weighted by Gasteiger charge is 2.01. The van der Waals surface area contributed by atoms with Crippen LogP contribution >= 0.6 is 0 Å². The Morgan fingerprint density at radius 2 is 2.62 bits per heavy atom. The first-order chi connectivity index (χ1) is 3.80. The van der Waals surface area contributed by atoms with Crippen LogP contribution in [0.15, 0.2) is 12.5 Å².